The first kappa shape index (κ1) is 14.3. The van der Waals surface area contributed by atoms with Gasteiger partial charge in [0.15, 0.2) is 0 Å². The van der Waals surface area contributed by atoms with E-state index in [2.05, 4.69) is 34.3 Å². The van der Waals surface area contributed by atoms with Gasteiger partial charge >= 0.3 is 0 Å². The summed E-state index contributed by atoms with van der Waals surface area (Å²) < 4.78 is 5.62. The third-order valence-electron chi connectivity index (χ3n) is 2.89. The zero-order valence-electron chi connectivity index (χ0n) is 12.5. The summed E-state index contributed by atoms with van der Waals surface area (Å²) in [6.07, 6.45) is 0.105. The van der Waals surface area contributed by atoms with Crippen LogP contribution in [0.4, 0.5) is 5.95 Å². The topological polar surface area (TPSA) is 47.0 Å². The van der Waals surface area contributed by atoms with Crippen LogP contribution < -0.4 is 10.1 Å². The minimum atomic E-state index is 0.105. The van der Waals surface area contributed by atoms with Crippen LogP contribution in [-0.2, 0) is 6.54 Å². The molecule has 106 valence electrons. The molecule has 0 saturated carbocycles. The molecule has 0 amide bonds. The van der Waals surface area contributed by atoms with Crippen molar-refractivity contribution in [1.82, 2.24) is 9.97 Å². The number of nitrogens with zero attached hydrogens (tertiary/aromatic N) is 2. The van der Waals surface area contributed by atoms with Crippen LogP contribution in [-0.4, -0.2) is 16.1 Å². The van der Waals surface area contributed by atoms with Crippen LogP contribution >= 0.6 is 0 Å². The first-order valence-electron chi connectivity index (χ1n) is 6.85. The molecule has 0 radical (unpaired) electrons. The number of aromatic nitrogens is 2. The Hall–Kier alpha value is -2.10. The van der Waals surface area contributed by atoms with Crippen LogP contribution in [0, 0.1) is 13.8 Å². The Labute approximate surface area is 120 Å². The summed E-state index contributed by atoms with van der Waals surface area (Å²) in [4.78, 5) is 8.76. The normalized spacial score (nSPS) is 10.7. The van der Waals surface area contributed by atoms with Crippen LogP contribution in [0.2, 0.25) is 0 Å². The van der Waals surface area contributed by atoms with Gasteiger partial charge in [0.25, 0.3) is 0 Å². The van der Waals surface area contributed by atoms with Gasteiger partial charge in [0, 0.05) is 18.3 Å². The number of anilines is 1. The summed E-state index contributed by atoms with van der Waals surface area (Å²) in [7, 11) is 0. The van der Waals surface area contributed by atoms with Gasteiger partial charge in [-0.1, -0.05) is 24.3 Å². The number of aryl methyl sites for hydroxylation is 2. The molecule has 1 aromatic carbocycles. The molecule has 4 nitrogen and oxygen atoms in total. The van der Waals surface area contributed by atoms with Crippen LogP contribution in [0.25, 0.3) is 0 Å². The van der Waals surface area contributed by atoms with E-state index in [0.29, 0.717) is 18.4 Å². The van der Waals surface area contributed by atoms with E-state index >= 15 is 0 Å². The lowest BCUT2D eigenvalue weighted by molar-refractivity contribution is 0.232. The first-order valence-corrected chi connectivity index (χ1v) is 6.85. The molecule has 0 aliphatic heterocycles. The molecule has 1 aromatic heterocycles. The first-order chi connectivity index (χ1) is 9.54. The van der Waals surface area contributed by atoms with Gasteiger partial charge in [-0.2, -0.15) is 4.98 Å². The van der Waals surface area contributed by atoms with E-state index in [1.54, 1.807) is 0 Å². The van der Waals surface area contributed by atoms with Gasteiger partial charge < -0.3 is 10.1 Å². The highest BCUT2D eigenvalue weighted by molar-refractivity contribution is 5.34. The Morgan fingerprint density at radius 2 is 1.90 bits per heavy atom. The van der Waals surface area contributed by atoms with E-state index < -0.39 is 0 Å². The molecule has 0 bridgehead atoms. The van der Waals surface area contributed by atoms with Crippen molar-refractivity contribution < 1.29 is 4.74 Å². The lowest BCUT2D eigenvalue weighted by atomic mass is 10.1. The molecule has 0 atom stereocenters. The second-order valence-electron chi connectivity index (χ2n) is 5.12. The summed E-state index contributed by atoms with van der Waals surface area (Å²) in [6, 6.07) is 10.1. The van der Waals surface area contributed by atoms with Gasteiger partial charge in [-0.05, 0) is 38.8 Å². The van der Waals surface area contributed by atoms with Crippen LogP contribution in [0.1, 0.15) is 30.7 Å². The van der Waals surface area contributed by atoms with E-state index in [4.69, 9.17) is 4.74 Å². The van der Waals surface area contributed by atoms with Gasteiger partial charge in [0.2, 0.25) is 11.8 Å². The average Bonchev–Trinajstić information content (AvgIpc) is 2.36. The number of rotatable bonds is 5. The Morgan fingerprint density at radius 3 is 2.60 bits per heavy atom. The van der Waals surface area contributed by atoms with Crippen molar-refractivity contribution in [3.05, 3.63) is 47.2 Å². The van der Waals surface area contributed by atoms with E-state index in [1.807, 2.05) is 39.0 Å². The fourth-order valence-corrected chi connectivity index (χ4v) is 1.90. The molecule has 1 heterocycles. The van der Waals surface area contributed by atoms with Gasteiger partial charge in [-0.15, -0.1) is 0 Å². The Bertz CT molecular complexity index is 582. The van der Waals surface area contributed by atoms with Crippen molar-refractivity contribution >= 4 is 5.95 Å². The largest absolute Gasteiger partial charge is 0.475 e. The lowest BCUT2D eigenvalue weighted by Gasteiger charge is -2.12. The lowest BCUT2D eigenvalue weighted by Crippen LogP contribution is -2.10. The van der Waals surface area contributed by atoms with Crippen LogP contribution in [0.3, 0.4) is 0 Å². The number of benzene rings is 1. The van der Waals surface area contributed by atoms with Gasteiger partial charge in [0.1, 0.15) is 0 Å². The molecular formula is C16H21N3O. The van der Waals surface area contributed by atoms with Crippen molar-refractivity contribution in [2.45, 2.75) is 40.3 Å². The average molecular weight is 271 g/mol. The molecule has 2 rings (SSSR count). The van der Waals surface area contributed by atoms with Crippen LogP contribution in [0.5, 0.6) is 5.88 Å². The second kappa shape index (κ2) is 6.37. The van der Waals surface area contributed by atoms with Gasteiger partial charge in [-0.25, -0.2) is 4.98 Å². The van der Waals surface area contributed by atoms with E-state index in [-0.39, 0.29) is 6.10 Å². The zero-order valence-corrected chi connectivity index (χ0v) is 12.5. The molecule has 0 fully saturated rings. The molecule has 4 heteroatoms. The summed E-state index contributed by atoms with van der Waals surface area (Å²) in [5.41, 5.74) is 3.39. The molecular weight excluding hydrogens is 250 g/mol. The highest BCUT2D eigenvalue weighted by atomic mass is 16.5. The number of ether oxygens (including phenoxy) is 1. The van der Waals surface area contributed by atoms with Crippen molar-refractivity contribution in [1.29, 1.82) is 0 Å². The third-order valence-corrected chi connectivity index (χ3v) is 2.89. The van der Waals surface area contributed by atoms with E-state index in [1.165, 1.54) is 11.1 Å². The summed E-state index contributed by atoms with van der Waals surface area (Å²) in [5.74, 6) is 1.21. The number of hydrogen-bond acceptors (Lipinski definition) is 4. The summed E-state index contributed by atoms with van der Waals surface area (Å²) >= 11 is 0. The summed E-state index contributed by atoms with van der Waals surface area (Å²) in [6.45, 7) is 8.71. The van der Waals surface area contributed by atoms with Gasteiger partial charge in [-0.3, -0.25) is 0 Å². The van der Waals surface area contributed by atoms with Gasteiger partial charge in [0.05, 0.1) is 6.10 Å². The van der Waals surface area contributed by atoms with E-state index in [0.717, 1.165) is 5.69 Å². The maximum atomic E-state index is 5.62. The van der Waals surface area contributed by atoms with Crippen molar-refractivity contribution in [2.75, 3.05) is 5.32 Å². The van der Waals surface area contributed by atoms with Crippen molar-refractivity contribution in [3.63, 3.8) is 0 Å². The molecule has 0 unspecified atom stereocenters. The maximum absolute atomic E-state index is 5.62. The molecule has 0 saturated heterocycles. The van der Waals surface area contributed by atoms with E-state index in [9.17, 15) is 0 Å². The zero-order chi connectivity index (χ0) is 14.5. The number of nitrogens with one attached hydrogen (secondary N) is 1. The predicted octanol–water partition coefficient (Wildman–Crippen LogP) is 3.49. The number of hydrogen-bond donors (Lipinski definition) is 1. The fourth-order valence-electron chi connectivity index (χ4n) is 1.90. The molecule has 20 heavy (non-hydrogen) atoms. The molecule has 2 aromatic rings. The molecule has 0 spiro atoms. The highest BCUT2D eigenvalue weighted by Gasteiger charge is 2.05. The van der Waals surface area contributed by atoms with Crippen LogP contribution in [0.15, 0.2) is 30.3 Å². The maximum Gasteiger partial charge on any atom is 0.226 e. The Balaban J connectivity index is 2.09. The smallest absolute Gasteiger partial charge is 0.226 e. The minimum absolute atomic E-state index is 0.105. The quantitative estimate of drug-likeness (QED) is 0.904. The fraction of sp³-hybridized carbons (Fsp3) is 0.375. The monoisotopic (exact) mass is 271 g/mol. The third kappa shape index (κ3) is 3.95. The Morgan fingerprint density at radius 1 is 1.15 bits per heavy atom. The standard InChI is InChI=1S/C16H21N3O/c1-11(2)20-15-9-13(4)18-16(19-15)17-10-14-8-6-5-7-12(14)3/h5-9,11H,10H2,1-4H3,(H,17,18,19). The molecule has 1 N–H and O–H groups in total. The highest BCUT2D eigenvalue weighted by Crippen LogP contribution is 2.15. The minimum Gasteiger partial charge on any atom is -0.475 e. The molecule has 0 aliphatic rings. The predicted molar refractivity (Wildman–Crippen MR) is 81.0 cm³/mol. The summed E-state index contributed by atoms with van der Waals surface area (Å²) in [5, 5.41) is 3.25. The molecule has 0 aliphatic carbocycles. The SMILES string of the molecule is Cc1cc(OC(C)C)nc(NCc2ccccc2C)n1. The van der Waals surface area contributed by atoms with Crippen molar-refractivity contribution in [2.24, 2.45) is 0 Å². The second-order valence-corrected chi connectivity index (χ2v) is 5.12. The van der Waals surface area contributed by atoms with Crippen molar-refractivity contribution in [3.8, 4) is 5.88 Å². The Kier molecular flexibility index (Phi) is 4.56.